The van der Waals surface area contributed by atoms with Gasteiger partial charge in [0.1, 0.15) is 5.75 Å². The Bertz CT molecular complexity index is 750. The summed E-state index contributed by atoms with van der Waals surface area (Å²) in [5, 5.41) is 9.96. The van der Waals surface area contributed by atoms with Gasteiger partial charge in [0.25, 0.3) is 0 Å². The van der Waals surface area contributed by atoms with Crippen LogP contribution in [0.4, 0.5) is 0 Å². The highest BCUT2D eigenvalue weighted by atomic mass is 16.3. The Labute approximate surface area is 156 Å². The molecule has 2 aromatic rings. The highest BCUT2D eigenvalue weighted by molar-refractivity contribution is 5.34. The maximum Gasteiger partial charge on any atom is 0.115 e. The van der Waals surface area contributed by atoms with E-state index in [-0.39, 0.29) is 5.41 Å². The van der Waals surface area contributed by atoms with Crippen LogP contribution < -0.4 is 0 Å². The Morgan fingerprint density at radius 2 is 2.08 bits per heavy atom. The lowest BCUT2D eigenvalue weighted by Crippen LogP contribution is -2.60. The molecule has 3 heterocycles. The topological polar surface area (TPSA) is 39.6 Å². The molecule has 2 saturated heterocycles. The van der Waals surface area contributed by atoms with Gasteiger partial charge in [-0.3, -0.25) is 14.8 Å². The number of rotatable bonds is 3. The maximum atomic E-state index is 9.96. The Balaban J connectivity index is 1.50. The van der Waals surface area contributed by atoms with Crippen LogP contribution in [-0.4, -0.2) is 52.1 Å². The molecule has 2 aliphatic rings. The van der Waals surface area contributed by atoms with Gasteiger partial charge in [0.15, 0.2) is 0 Å². The van der Waals surface area contributed by atoms with E-state index in [0.717, 1.165) is 39.1 Å². The summed E-state index contributed by atoms with van der Waals surface area (Å²) in [4.78, 5) is 9.49. The number of hydrogen-bond donors (Lipinski definition) is 1. The number of piperidine rings is 1. The molecule has 0 saturated carbocycles. The first-order chi connectivity index (χ1) is 12.5. The van der Waals surface area contributed by atoms with E-state index in [1.165, 1.54) is 11.1 Å². The summed E-state index contributed by atoms with van der Waals surface area (Å²) in [5.74, 6) is 0.950. The van der Waals surface area contributed by atoms with Crippen molar-refractivity contribution in [1.82, 2.24) is 14.8 Å². The van der Waals surface area contributed by atoms with Gasteiger partial charge in [0.05, 0.1) is 0 Å². The monoisotopic (exact) mass is 351 g/mol. The predicted octanol–water partition coefficient (Wildman–Crippen LogP) is 3.27. The van der Waals surface area contributed by atoms with Gasteiger partial charge >= 0.3 is 0 Å². The van der Waals surface area contributed by atoms with Crippen molar-refractivity contribution < 1.29 is 5.11 Å². The number of fused-ring (bicyclic) bond motifs is 1. The minimum atomic E-state index is 0.108. The third kappa shape index (κ3) is 3.36. The molecule has 1 N–H and O–H groups in total. The van der Waals surface area contributed by atoms with E-state index in [4.69, 9.17) is 0 Å². The first-order valence-electron chi connectivity index (χ1n) is 9.69. The number of phenols is 1. The van der Waals surface area contributed by atoms with E-state index in [1.54, 1.807) is 6.07 Å². The highest BCUT2D eigenvalue weighted by Gasteiger charge is 2.44. The van der Waals surface area contributed by atoms with Crippen molar-refractivity contribution in [3.05, 3.63) is 59.9 Å². The van der Waals surface area contributed by atoms with Crippen LogP contribution in [0.5, 0.6) is 5.75 Å². The number of aromatic hydroxyl groups is 1. The van der Waals surface area contributed by atoms with Crippen molar-refractivity contribution in [2.45, 2.75) is 38.3 Å². The van der Waals surface area contributed by atoms with E-state index in [9.17, 15) is 5.11 Å². The lowest BCUT2D eigenvalue weighted by Gasteiger charge is -2.53. The summed E-state index contributed by atoms with van der Waals surface area (Å²) in [5.41, 5.74) is 2.67. The second-order valence-electron chi connectivity index (χ2n) is 8.32. The minimum absolute atomic E-state index is 0.108. The van der Waals surface area contributed by atoms with Crippen LogP contribution in [0.25, 0.3) is 0 Å². The smallest absolute Gasteiger partial charge is 0.115 e. The van der Waals surface area contributed by atoms with Gasteiger partial charge in [0, 0.05) is 51.2 Å². The van der Waals surface area contributed by atoms with Crippen molar-refractivity contribution >= 4 is 0 Å². The van der Waals surface area contributed by atoms with E-state index in [2.05, 4.69) is 40.8 Å². The third-order valence-corrected chi connectivity index (χ3v) is 6.58. The van der Waals surface area contributed by atoms with Crippen LogP contribution in [-0.2, 0) is 12.0 Å². The maximum absolute atomic E-state index is 9.96. The zero-order chi connectivity index (χ0) is 18.1. The summed E-state index contributed by atoms with van der Waals surface area (Å²) in [6, 6.07) is 12.6. The van der Waals surface area contributed by atoms with E-state index in [1.807, 2.05) is 30.6 Å². The largest absolute Gasteiger partial charge is 0.508 e. The van der Waals surface area contributed by atoms with Crippen molar-refractivity contribution in [1.29, 1.82) is 0 Å². The fourth-order valence-corrected chi connectivity index (χ4v) is 4.79. The van der Waals surface area contributed by atoms with Gasteiger partial charge in [-0.2, -0.15) is 0 Å². The molecule has 2 fully saturated rings. The summed E-state index contributed by atoms with van der Waals surface area (Å²) < 4.78 is 0. The molecule has 26 heavy (non-hydrogen) atoms. The molecule has 3 unspecified atom stereocenters. The lowest BCUT2D eigenvalue weighted by molar-refractivity contribution is -0.00560. The molecule has 138 valence electrons. The molecule has 0 radical (unpaired) electrons. The Hall–Kier alpha value is -1.91. The molecule has 0 amide bonds. The van der Waals surface area contributed by atoms with Crippen molar-refractivity contribution in [2.75, 3.05) is 26.2 Å². The minimum Gasteiger partial charge on any atom is -0.508 e. The van der Waals surface area contributed by atoms with Crippen LogP contribution in [0.15, 0.2) is 48.8 Å². The molecule has 4 heteroatoms. The normalized spacial score (nSPS) is 30.1. The van der Waals surface area contributed by atoms with Gasteiger partial charge in [0.2, 0.25) is 0 Å². The molecule has 0 spiro atoms. The number of hydrogen-bond acceptors (Lipinski definition) is 4. The molecule has 4 nitrogen and oxygen atoms in total. The molecule has 2 aliphatic heterocycles. The molecule has 3 atom stereocenters. The zero-order valence-electron chi connectivity index (χ0n) is 15.8. The summed E-state index contributed by atoms with van der Waals surface area (Å²) in [7, 11) is 0. The second kappa shape index (κ2) is 7.01. The first kappa shape index (κ1) is 17.5. The molecule has 4 rings (SSSR count). The molecule has 1 aromatic heterocycles. The first-order valence-corrected chi connectivity index (χ1v) is 9.69. The Morgan fingerprint density at radius 3 is 2.85 bits per heavy atom. The average molecular weight is 351 g/mol. The number of pyridine rings is 1. The van der Waals surface area contributed by atoms with Crippen molar-refractivity contribution in [3.8, 4) is 5.75 Å². The van der Waals surface area contributed by atoms with Crippen LogP contribution in [0.1, 0.15) is 31.4 Å². The van der Waals surface area contributed by atoms with Crippen LogP contribution in [0.2, 0.25) is 0 Å². The molecule has 1 aromatic carbocycles. The second-order valence-corrected chi connectivity index (χ2v) is 8.32. The quantitative estimate of drug-likeness (QED) is 0.921. The molecule has 0 aliphatic carbocycles. The van der Waals surface area contributed by atoms with Crippen molar-refractivity contribution in [3.63, 3.8) is 0 Å². The summed E-state index contributed by atoms with van der Waals surface area (Å²) in [6.45, 7) is 10.2. The van der Waals surface area contributed by atoms with Crippen molar-refractivity contribution in [2.24, 2.45) is 5.92 Å². The molecule has 0 bridgehead atoms. The van der Waals surface area contributed by atoms with E-state index < -0.39 is 0 Å². The Kier molecular flexibility index (Phi) is 4.72. The lowest BCUT2D eigenvalue weighted by atomic mass is 9.65. The fourth-order valence-electron chi connectivity index (χ4n) is 4.79. The van der Waals surface area contributed by atoms with Gasteiger partial charge < -0.3 is 5.11 Å². The zero-order valence-corrected chi connectivity index (χ0v) is 15.8. The molecular formula is C22H29N3O. The summed E-state index contributed by atoms with van der Waals surface area (Å²) in [6.07, 6.45) is 4.96. The van der Waals surface area contributed by atoms with Crippen LogP contribution in [0.3, 0.4) is 0 Å². The number of benzene rings is 1. The SMILES string of the molecule is CC1CN2CCN(Cc3cccnc3)CC2CC1(C)c1cccc(O)c1. The van der Waals surface area contributed by atoms with Gasteiger partial charge in [-0.25, -0.2) is 0 Å². The Morgan fingerprint density at radius 1 is 1.19 bits per heavy atom. The van der Waals surface area contributed by atoms with Gasteiger partial charge in [-0.05, 0) is 47.1 Å². The fraction of sp³-hybridized carbons (Fsp3) is 0.500. The number of piperazine rings is 1. The number of nitrogens with zero attached hydrogens (tertiary/aromatic N) is 3. The standard InChI is InChI=1S/C22H29N3O/c1-17-14-25-10-9-24(15-18-5-4-8-23-13-18)16-20(25)12-22(17,2)19-6-3-7-21(26)11-19/h3-8,11,13,17,20,26H,9-10,12,14-16H2,1-2H3. The number of phenolic OH excluding ortho intramolecular Hbond substituents is 1. The average Bonchev–Trinajstić information content (AvgIpc) is 2.64. The summed E-state index contributed by atoms with van der Waals surface area (Å²) >= 11 is 0. The van der Waals surface area contributed by atoms with Crippen LogP contribution >= 0.6 is 0 Å². The number of aromatic nitrogens is 1. The van der Waals surface area contributed by atoms with Gasteiger partial charge in [-0.1, -0.05) is 32.0 Å². The van der Waals surface area contributed by atoms with E-state index >= 15 is 0 Å². The predicted molar refractivity (Wildman–Crippen MR) is 104 cm³/mol. The third-order valence-electron chi connectivity index (χ3n) is 6.58. The highest BCUT2D eigenvalue weighted by Crippen LogP contribution is 2.43. The van der Waals surface area contributed by atoms with Gasteiger partial charge in [-0.15, -0.1) is 0 Å². The van der Waals surface area contributed by atoms with E-state index in [0.29, 0.717) is 17.7 Å². The van der Waals surface area contributed by atoms with Crippen LogP contribution in [0, 0.1) is 5.92 Å². The molecular weight excluding hydrogens is 322 g/mol.